The number of benzene rings is 2. The Bertz CT molecular complexity index is 1100. The Hall–Kier alpha value is -3.41. The van der Waals surface area contributed by atoms with Crippen molar-refractivity contribution in [1.82, 2.24) is 9.88 Å². The normalized spacial score (nSPS) is 13.2. The van der Waals surface area contributed by atoms with E-state index in [1.165, 1.54) is 12.0 Å². The van der Waals surface area contributed by atoms with Crippen LogP contribution in [0.25, 0.3) is 10.9 Å². The highest BCUT2D eigenvalue weighted by atomic mass is 16.5. The number of amides is 2. The number of hydrogen-bond donors (Lipinski definition) is 1. The predicted octanol–water partition coefficient (Wildman–Crippen LogP) is 4.07. The standard InChI is InChI=1S/C23H23N3O3/c1-26(2)23(28)15-10-11-21(29-3)20(12-15)25-22(27)17-13-19(14-8-9-14)24-18-7-5-4-6-16(17)18/h4-7,10-14H,8-9H2,1-3H3,(H,25,27). The van der Waals surface area contributed by atoms with Gasteiger partial charge in [0.1, 0.15) is 5.75 Å². The maximum Gasteiger partial charge on any atom is 0.256 e. The largest absolute Gasteiger partial charge is 0.495 e. The first-order valence-electron chi connectivity index (χ1n) is 9.58. The van der Waals surface area contributed by atoms with Crippen molar-refractivity contribution in [2.24, 2.45) is 0 Å². The average Bonchev–Trinajstić information content (AvgIpc) is 3.57. The number of nitrogens with zero attached hydrogens (tertiary/aromatic N) is 2. The molecular weight excluding hydrogens is 366 g/mol. The maximum absolute atomic E-state index is 13.2. The van der Waals surface area contributed by atoms with Crippen LogP contribution in [-0.2, 0) is 0 Å². The number of carbonyl (C=O) groups excluding carboxylic acids is 2. The zero-order chi connectivity index (χ0) is 20.5. The fourth-order valence-corrected chi connectivity index (χ4v) is 3.36. The molecule has 0 spiro atoms. The second-order valence-corrected chi connectivity index (χ2v) is 7.45. The smallest absolute Gasteiger partial charge is 0.256 e. The summed E-state index contributed by atoms with van der Waals surface area (Å²) in [6.45, 7) is 0. The van der Waals surface area contributed by atoms with Crippen molar-refractivity contribution in [2.75, 3.05) is 26.5 Å². The minimum absolute atomic E-state index is 0.145. The van der Waals surface area contributed by atoms with Gasteiger partial charge in [-0.2, -0.15) is 0 Å². The van der Waals surface area contributed by atoms with Crippen LogP contribution >= 0.6 is 0 Å². The third-order valence-electron chi connectivity index (χ3n) is 5.08. The summed E-state index contributed by atoms with van der Waals surface area (Å²) in [5, 5.41) is 3.73. The molecule has 1 aliphatic carbocycles. The molecule has 0 aliphatic heterocycles. The van der Waals surface area contributed by atoms with Crippen LogP contribution in [0.1, 0.15) is 45.2 Å². The quantitative estimate of drug-likeness (QED) is 0.714. The maximum atomic E-state index is 13.2. The lowest BCUT2D eigenvalue weighted by Gasteiger charge is -2.15. The van der Waals surface area contributed by atoms with Crippen LogP contribution in [0.3, 0.4) is 0 Å². The molecule has 1 heterocycles. The first-order valence-corrected chi connectivity index (χ1v) is 9.58. The van der Waals surface area contributed by atoms with E-state index >= 15 is 0 Å². The van der Waals surface area contributed by atoms with E-state index in [1.54, 1.807) is 32.3 Å². The Kier molecular flexibility index (Phi) is 4.92. The van der Waals surface area contributed by atoms with E-state index < -0.39 is 0 Å². The molecule has 4 rings (SSSR count). The molecule has 1 fully saturated rings. The highest BCUT2D eigenvalue weighted by Gasteiger charge is 2.27. The first-order chi connectivity index (χ1) is 14.0. The molecule has 1 N–H and O–H groups in total. The lowest BCUT2D eigenvalue weighted by Crippen LogP contribution is -2.22. The van der Waals surface area contributed by atoms with Gasteiger partial charge in [0.15, 0.2) is 0 Å². The predicted molar refractivity (Wildman–Crippen MR) is 113 cm³/mol. The van der Waals surface area contributed by atoms with E-state index in [1.807, 2.05) is 30.3 Å². The monoisotopic (exact) mass is 389 g/mol. The number of rotatable bonds is 5. The summed E-state index contributed by atoms with van der Waals surface area (Å²) < 4.78 is 5.38. The molecular formula is C23H23N3O3. The van der Waals surface area contributed by atoms with E-state index in [0.717, 1.165) is 29.4 Å². The summed E-state index contributed by atoms with van der Waals surface area (Å²) >= 11 is 0. The molecule has 0 bridgehead atoms. The fraction of sp³-hybridized carbons (Fsp3) is 0.261. The average molecular weight is 389 g/mol. The van der Waals surface area contributed by atoms with Gasteiger partial charge < -0.3 is 15.0 Å². The molecule has 1 saturated carbocycles. The number of aromatic nitrogens is 1. The van der Waals surface area contributed by atoms with E-state index in [-0.39, 0.29) is 11.8 Å². The van der Waals surface area contributed by atoms with Crippen LogP contribution in [-0.4, -0.2) is 42.9 Å². The molecule has 0 unspecified atom stereocenters. The van der Waals surface area contributed by atoms with E-state index in [0.29, 0.717) is 28.5 Å². The van der Waals surface area contributed by atoms with Gasteiger partial charge in [0.25, 0.3) is 11.8 Å². The zero-order valence-corrected chi connectivity index (χ0v) is 16.7. The minimum atomic E-state index is -0.252. The number of fused-ring (bicyclic) bond motifs is 1. The van der Waals surface area contributed by atoms with Crippen molar-refractivity contribution in [1.29, 1.82) is 0 Å². The van der Waals surface area contributed by atoms with Crippen molar-refractivity contribution < 1.29 is 14.3 Å². The second kappa shape index (κ2) is 7.54. The molecule has 29 heavy (non-hydrogen) atoms. The van der Waals surface area contributed by atoms with Gasteiger partial charge in [0, 0.05) is 36.7 Å². The number of nitrogens with one attached hydrogen (secondary N) is 1. The van der Waals surface area contributed by atoms with Crippen LogP contribution < -0.4 is 10.1 Å². The number of para-hydroxylation sites is 1. The number of pyridine rings is 1. The van der Waals surface area contributed by atoms with E-state index in [9.17, 15) is 9.59 Å². The van der Waals surface area contributed by atoms with Gasteiger partial charge in [0.2, 0.25) is 0 Å². The second-order valence-electron chi connectivity index (χ2n) is 7.45. The molecule has 1 aliphatic rings. The molecule has 0 atom stereocenters. The number of hydrogen-bond acceptors (Lipinski definition) is 4. The SMILES string of the molecule is COc1ccc(C(=O)N(C)C)cc1NC(=O)c1cc(C2CC2)nc2ccccc12. The lowest BCUT2D eigenvalue weighted by atomic mass is 10.0. The minimum Gasteiger partial charge on any atom is -0.495 e. The fourth-order valence-electron chi connectivity index (χ4n) is 3.36. The topological polar surface area (TPSA) is 71.5 Å². The number of methoxy groups -OCH3 is 1. The number of carbonyl (C=O) groups is 2. The molecule has 148 valence electrons. The third kappa shape index (κ3) is 3.78. The van der Waals surface area contributed by atoms with Crippen LogP contribution in [0, 0.1) is 0 Å². The van der Waals surface area contributed by atoms with Crippen molar-refractivity contribution in [2.45, 2.75) is 18.8 Å². The van der Waals surface area contributed by atoms with Crippen molar-refractivity contribution in [3.05, 3.63) is 65.4 Å². The van der Waals surface area contributed by atoms with Crippen LogP contribution in [0.2, 0.25) is 0 Å². The molecule has 6 nitrogen and oxygen atoms in total. The van der Waals surface area contributed by atoms with Gasteiger partial charge in [-0.15, -0.1) is 0 Å². The molecule has 0 saturated heterocycles. The Labute approximate surface area is 169 Å². The van der Waals surface area contributed by atoms with Gasteiger partial charge >= 0.3 is 0 Å². The number of ether oxygens (including phenoxy) is 1. The lowest BCUT2D eigenvalue weighted by molar-refractivity contribution is 0.0827. The van der Waals surface area contributed by atoms with Crippen LogP contribution in [0.5, 0.6) is 5.75 Å². The van der Waals surface area contributed by atoms with Crippen molar-refractivity contribution in [3.63, 3.8) is 0 Å². The molecule has 2 amide bonds. The first kappa shape index (κ1) is 18.9. The van der Waals surface area contributed by atoms with Gasteiger partial charge in [-0.05, 0) is 43.2 Å². The summed E-state index contributed by atoms with van der Waals surface area (Å²) in [6.07, 6.45) is 2.21. The summed E-state index contributed by atoms with van der Waals surface area (Å²) in [5.74, 6) is 0.531. The summed E-state index contributed by atoms with van der Waals surface area (Å²) in [6, 6.07) is 14.5. The summed E-state index contributed by atoms with van der Waals surface area (Å²) in [4.78, 5) is 31.7. The molecule has 0 radical (unpaired) electrons. The van der Waals surface area contributed by atoms with Gasteiger partial charge in [0.05, 0.1) is 23.9 Å². The van der Waals surface area contributed by atoms with Gasteiger partial charge in [-0.25, -0.2) is 0 Å². The van der Waals surface area contributed by atoms with Crippen LogP contribution in [0.4, 0.5) is 5.69 Å². The zero-order valence-electron chi connectivity index (χ0n) is 16.7. The highest BCUT2D eigenvalue weighted by molar-refractivity contribution is 6.13. The number of anilines is 1. The Morgan fingerprint density at radius 3 is 2.55 bits per heavy atom. The molecule has 3 aromatic rings. The Morgan fingerprint density at radius 2 is 1.86 bits per heavy atom. The Morgan fingerprint density at radius 1 is 1.10 bits per heavy atom. The van der Waals surface area contributed by atoms with Crippen molar-refractivity contribution in [3.8, 4) is 5.75 Å². The highest BCUT2D eigenvalue weighted by Crippen LogP contribution is 2.40. The van der Waals surface area contributed by atoms with Gasteiger partial charge in [-0.1, -0.05) is 18.2 Å². The molecule has 1 aromatic heterocycles. The molecule has 2 aromatic carbocycles. The van der Waals surface area contributed by atoms with E-state index in [4.69, 9.17) is 9.72 Å². The van der Waals surface area contributed by atoms with E-state index in [2.05, 4.69) is 5.32 Å². The summed E-state index contributed by atoms with van der Waals surface area (Å²) in [5.41, 5.74) is 3.27. The summed E-state index contributed by atoms with van der Waals surface area (Å²) in [7, 11) is 4.91. The van der Waals surface area contributed by atoms with Crippen molar-refractivity contribution >= 4 is 28.4 Å². The molecule has 6 heteroatoms. The Balaban J connectivity index is 1.73. The van der Waals surface area contributed by atoms with Gasteiger partial charge in [-0.3, -0.25) is 14.6 Å². The third-order valence-corrected chi connectivity index (χ3v) is 5.08. The van der Waals surface area contributed by atoms with Crippen LogP contribution in [0.15, 0.2) is 48.5 Å².